The molecule has 2 rings (SSSR count). The Bertz CT molecular complexity index is 641. The second-order valence-corrected chi connectivity index (χ2v) is 5.62. The molecule has 0 atom stereocenters. The van der Waals surface area contributed by atoms with Gasteiger partial charge in [-0.05, 0) is 18.1 Å². The second-order valence-electron chi connectivity index (χ2n) is 4.77. The minimum absolute atomic E-state index is 0.177. The molecule has 21 heavy (non-hydrogen) atoms. The Kier molecular flexibility index (Phi) is 5.09. The molecule has 1 amide bonds. The largest absolute Gasteiger partial charge is 0.482 e. The number of halogens is 2. The topological polar surface area (TPSA) is 67.0 Å². The second kappa shape index (κ2) is 6.83. The van der Waals surface area contributed by atoms with E-state index >= 15 is 0 Å². The highest BCUT2D eigenvalue weighted by molar-refractivity contribution is 6.34. The Hall–Kier alpha value is -1.72. The highest BCUT2D eigenvalue weighted by Gasteiger charge is 2.10. The van der Waals surface area contributed by atoms with Crippen molar-refractivity contribution in [2.75, 3.05) is 11.9 Å². The van der Waals surface area contributed by atoms with Gasteiger partial charge in [-0.15, -0.1) is 0 Å². The van der Waals surface area contributed by atoms with Crippen LogP contribution in [0.15, 0.2) is 24.3 Å². The summed E-state index contributed by atoms with van der Waals surface area (Å²) in [7, 11) is 0. The van der Waals surface area contributed by atoms with Gasteiger partial charge in [0.05, 0.1) is 5.02 Å². The molecule has 0 aliphatic rings. The van der Waals surface area contributed by atoms with Crippen LogP contribution in [0, 0.1) is 0 Å². The fourth-order valence-electron chi connectivity index (χ4n) is 1.61. The summed E-state index contributed by atoms with van der Waals surface area (Å²) in [6, 6.07) is 6.60. The minimum atomic E-state index is -0.326. The fourth-order valence-corrected chi connectivity index (χ4v) is 1.94. The summed E-state index contributed by atoms with van der Waals surface area (Å²) in [5, 5.41) is 10.4. The van der Waals surface area contributed by atoms with Crippen LogP contribution < -0.4 is 10.1 Å². The molecule has 0 bridgehead atoms. The number of hydrogen-bond acceptors (Lipinski definition) is 3. The molecule has 0 saturated heterocycles. The molecule has 0 unspecified atom stereocenters. The Morgan fingerprint density at radius 2 is 2.14 bits per heavy atom. The van der Waals surface area contributed by atoms with Crippen LogP contribution in [-0.4, -0.2) is 22.7 Å². The fraction of sp³-hybridized carbons (Fsp3) is 0.286. The van der Waals surface area contributed by atoms with Crippen LogP contribution in [0.3, 0.4) is 0 Å². The average molecular weight is 328 g/mol. The number of ether oxygens (including phenoxy) is 1. The maximum absolute atomic E-state index is 11.8. The Morgan fingerprint density at radius 3 is 2.81 bits per heavy atom. The summed E-state index contributed by atoms with van der Waals surface area (Å²) >= 11 is 11.8. The van der Waals surface area contributed by atoms with Crippen LogP contribution in [0.5, 0.6) is 5.75 Å². The first-order chi connectivity index (χ1) is 9.95. The van der Waals surface area contributed by atoms with Crippen molar-refractivity contribution in [1.29, 1.82) is 0 Å². The molecule has 5 nitrogen and oxygen atoms in total. The van der Waals surface area contributed by atoms with Crippen molar-refractivity contribution in [3.05, 3.63) is 40.0 Å². The average Bonchev–Trinajstić information content (AvgIpc) is 2.88. The Morgan fingerprint density at radius 1 is 1.38 bits per heavy atom. The van der Waals surface area contributed by atoms with E-state index in [2.05, 4.69) is 15.5 Å². The third kappa shape index (κ3) is 4.37. The first kappa shape index (κ1) is 15.7. The van der Waals surface area contributed by atoms with Crippen LogP contribution in [0.4, 0.5) is 5.82 Å². The van der Waals surface area contributed by atoms with Gasteiger partial charge in [-0.2, -0.15) is 5.10 Å². The van der Waals surface area contributed by atoms with E-state index in [-0.39, 0.29) is 12.5 Å². The van der Waals surface area contributed by atoms with Gasteiger partial charge < -0.3 is 10.1 Å². The van der Waals surface area contributed by atoms with E-state index in [9.17, 15) is 4.79 Å². The van der Waals surface area contributed by atoms with Crippen molar-refractivity contribution in [3.8, 4) is 5.75 Å². The first-order valence-corrected chi connectivity index (χ1v) is 7.14. The summed E-state index contributed by atoms with van der Waals surface area (Å²) in [5.41, 5.74) is 0.948. The molecule has 0 aliphatic carbocycles. The number of rotatable bonds is 5. The number of H-pyrrole nitrogens is 1. The van der Waals surface area contributed by atoms with Gasteiger partial charge in [-0.25, -0.2) is 0 Å². The quantitative estimate of drug-likeness (QED) is 0.876. The number of amides is 1. The molecule has 1 aromatic carbocycles. The number of nitrogens with zero attached hydrogens (tertiary/aromatic N) is 1. The van der Waals surface area contributed by atoms with Crippen LogP contribution in [0.2, 0.25) is 10.0 Å². The summed E-state index contributed by atoms with van der Waals surface area (Å²) in [6.45, 7) is 3.89. The predicted octanol–water partition coefficient (Wildman–Crippen LogP) is 3.86. The van der Waals surface area contributed by atoms with Gasteiger partial charge in [0.2, 0.25) is 0 Å². The van der Waals surface area contributed by atoms with E-state index in [0.717, 1.165) is 5.69 Å². The van der Waals surface area contributed by atoms with Gasteiger partial charge >= 0.3 is 0 Å². The van der Waals surface area contributed by atoms with Crippen LogP contribution in [-0.2, 0) is 4.79 Å². The zero-order valence-electron chi connectivity index (χ0n) is 11.6. The molecule has 0 spiro atoms. The van der Waals surface area contributed by atoms with Gasteiger partial charge in [0.15, 0.2) is 12.4 Å². The molecular weight excluding hydrogens is 313 g/mol. The molecule has 1 aromatic heterocycles. The van der Waals surface area contributed by atoms with Gasteiger partial charge in [-0.3, -0.25) is 9.89 Å². The molecule has 7 heteroatoms. The van der Waals surface area contributed by atoms with Crippen LogP contribution in [0.25, 0.3) is 0 Å². The molecule has 2 aromatic rings. The van der Waals surface area contributed by atoms with Crippen molar-refractivity contribution in [3.63, 3.8) is 0 Å². The van der Waals surface area contributed by atoms with E-state index in [4.69, 9.17) is 27.9 Å². The first-order valence-electron chi connectivity index (χ1n) is 6.38. The third-order valence-electron chi connectivity index (χ3n) is 2.74. The lowest BCUT2D eigenvalue weighted by Gasteiger charge is -2.07. The van der Waals surface area contributed by atoms with E-state index in [1.54, 1.807) is 24.3 Å². The molecule has 0 saturated carbocycles. The van der Waals surface area contributed by atoms with Crippen LogP contribution >= 0.6 is 23.2 Å². The van der Waals surface area contributed by atoms with E-state index in [1.165, 1.54) is 0 Å². The molecular formula is C14H15Cl2N3O2. The minimum Gasteiger partial charge on any atom is -0.482 e. The monoisotopic (exact) mass is 327 g/mol. The van der Waals surface area contributed by atoms with E-state index in [1.807, 2.05) is 13.8 Å². The van der Waals surface area contributed by atoms with E-state index in [0.29, 0.717) is 27.5 Å². The number of nitrogens with one attached hydrogen (secondary N) is 2. The highest BCUT2D eigenvalue weighted by atomic mass is 35.5. The summed E-state index contributed by atoms with van der Waals surface area (Å²) in [4.78, 5) is 11.8. The van der Waals surface area contributed by atoms with Crippen molar-refractivity contribution < 1.29 is 9.53 Å². The van der Waals surface area contributed by atoms with Crippen molar-refractivity contribution in [1.82, 2.24) is 10.2 Å². The summed E-state index contributed by atoms with van der Waals surface area (Å²) in [5.74, 6) is 0.811. The van der Waals surface area contributed by atoms with Gasteiger partial charge in [-0.1, -0.05) is 37.0 Å². The van der Waals surface area contributed by atoms with Gasteiger partial charge in [0.1, 0.15) is 5.75 Å². The maximum Gasteiger partial charge on any atom is 0.263 e. The van der Waals surface area contributed by atoms with E-state index < -0.39 is 0 Å². The predicted molar refractivity (Wildman–Crippen MR) is 83.3 cm³/mol. The van der Waals surface area contributed by atoms with Crippen molar-refractivity contribution in [2.24, 2.45) is 0 Å². The number of aromatic nitrogens is 2. The SMILES string of the molecule is CC(C)c1cc(NC(=O)COc2cc(Cl)ccc2Cl)n[nH]1. The van der Waals surface area contributed by atoms with Crippen molar-refractivity contribution in [2.45, 2.75) is 19.8 Å². The normalized spacial score (nSPS) is 10.7. The molecule has 112 valence electrons. The number of benzene rings is 1. The molecule has 1 heterocycles. The van der Waals surface area contributed by atoms with Crippen molar-refractivity contribution >= 4 is 34.9 Å². The molecule has 0 fully saturated rings. The maximum atomic E-state index is 11.8. The molecule has 0 radical (unpaired) electrons. The highest BCUT2D eigenvalue weighted by Crippen LogP contribution is 2.27. The lowest BCUT2D eigenvalue weighted by atomic mass is 10.1. The van der Waals surface area contributed by atoms with Gasteiger partial charge in [0.25, 0.3) is 5.91 Å². The number of aromatic amines is 1. The third-order valence-corrected chi connectivity index (χ3v) is 3.29. The van der Waals surface area contributed by atoms with Gasteiger partial charge in [0, 0.05) is 22.8 Å². The standard InChI is InChI=1S/C14H15Cl2N3O2/c1-8(2)11-6-13(19-18-11)17-14(20)7-21-12-5-9(15)3-4-10(12)16/h3-6,8H,7H2,1-2H3,(H2,17,18,19,20). The lowest BCUT2D eigenvalue weighted by Crippen LogP contribution is -2.20. The van der Waals surface area contributed by atoms with Crippen LogP contribution in [0.1, 0.15) is 25.5 Å². The summed E-state index contributed by atoms with van der Waals surface area (Å²) < 4.78 is 5.34. The number of carbonyl (C=O) groups excluding carboxylic acids is 1. The lowest BCUT2D eigenvalue weighted by molar-refractivity contribution is -0.118. The Balaban J connectivity index is 1.91. The molecule has 0 aliphatic heterocycles. The number of hydrogen-bond donors (Lipinski definition) is 2. The smallest absolute Gasteiger partial charge is 0.263 e. The Labute approximate surface area is 132 Å². The molecule has 2 N–H and O–H groups in total. The zero-order chi connectivity index (χ0) is 15.4. The summed E-state index contributed by atoms with van der Waals surface area (Å²) in [6.07, 6.45) is 0. The number of anilines is 1. The number of carbonyl (C=O) groups is 1. The zero-order valence-corrected chi connectivity index (χ0v) is 13.1.